The molecule has 16 heavy (non-hydrogen) atoms. The molecule has 2 aromatic rings. The number of nitrogens with zero attached hydrogens (tertiary/aromatic N) is 1. The molecule has 2 N–H and O–H groups in total. The van der Waals surface area contributed by atoms with Gasteiger partial charge in [-0.05, 0) is 25.1 Å². The van der Waals surface area contributed by atoms with Gasteiger partial charge >= 0.3 is 0 Å². The summed E-state index contributed by atoms with van der Waals surface area (Å²) in [6.45, 7) is 1.82. The van der Waals surface area contributed by atoms with Crippen LogP contribution in [0.3, 0.4) is 0 Å². The first-order valence-corrected chi connectivity index (χ1v) is 5.91. The molecule has 0 aliphatic heterocycles. The highest BCUT2D eigenvalue weighted by molar-refractivity contribution is 9.10. The predicted molar refractivity (Wildman–Crippen MR) is 67.3 cm³/mol. The summed E-state index contributed by atoms with van der Waals surface area (Å²) >= 11 is 9.33. The minimum absolute atomic E-state index is 0.212. The molecular weight excluding hydrogens is 291 g/mol. The fourth-order valence-corrected chi connectivity index (χ4v) is 2.19. The predicted octanol–water partition coefficient (Wildman–Crippen LogP) is 3.78. The molecule has 0 radical (unpaired) electrons. The van der Waals surface area contributed by atoms with Gasteiger partial charge in [0.15, 0.2) is 5.76 Å². The zero-order chi connectivity index (χ0) is 11.7. The molecule has 1 atom stereocenters. The van der Waals surface area contributed by atoms with Gasteiger partial charge < -0.3 is 10.2 Å². The van der Waals surface area contributed by atoms with Gasteiger partial charge in [0, 0.05) is 15.1 Å². The van der Waals surface area contributed by atoms with Crippen molar-refractivity contribution in [2.75, 3.05) is 0 Å². The van der Waals surface area contributed by atoms with E-state index in [0.29, 0.717) is 16.7 Å². The minimum atomic E-state index is -0.212. The molecule has 0 saturated carbocycles. The Morgan fingerprint density at radius 2 is 2.19 bits per heavy atom. The van der Waals surface area contributed by atoms with Gasteiger partial charge in [0.2, 0.25) is 5.89 Å². The van der Waals surface area contributed by atoms with Gasteiger partial charge in [-0.25, -0.2) is 4.98 Å². The lowest BCUT2D eigenvalue weighted by Gasteiger charge is -2.00. The van der Waals surface area contributed by atoms with Crippen molar-refractivity contribution in [1.29, 1.82) is 0 Å². The number of oxazole rings is 1. The van der Waals surface area contributed by atoms with Crippen molar-refractivity contribution in [3.8, 4) is 11.3 Å². The first-order valence-electron chi connectivity index (χ1n) is 4.74. The summed E-state index contributed by atoms with van der Waals surface area (Å²) in [6, 6.07) is 5.33. The van der Waals surface area contributed by atoms with Crippen LogP contribution in [0.15, 0.2) is 33.3 Å². The fourth-order valence-electron chi connectivity index (χ4n) is 1.33. The Bertz CT molecular complexity index is 490. The Kier molecular flexibility index (Phi) is 3.33. The van der Waals surface area contributed by atoms with Crippen LogP contribution in [0.1, 0.15) is 18.9 Å². The normalized spacial score (nSPS) is 12.8. The molecule has 0 aliphatic rings. The first kappa shape index (κ1) is 11.6. The number of hydrogen-bond donors (Lipinski definition) is 1. The molecule has 0 bridgehead atoms. The van der Waals surface area contributed by atoms with Crippen LogP contribution in [0.4, 0.5) is 0 Å². The third-order valence-corrected chi connectivity index (χ3v) is 2.74. The summed E-state index contributed by atoms with van der Waals surface area (Å²) in [5, 5.41) is 0.642. The summed E-state index contributed by atoms with van der Waals surface area (Å²) < 4.78 is 6.42. The van der Waals surface area contributed by atoms with E-state index in [1.807, 2.05) is 25.1 Å². The van der Waals surface area contributed by atoms with Crippen molar-refractivity contribution < 1.29 is 4.42 Å². The van der Waals surface area contributed by atoms with Gasteiger partial charge in [0.1, 0.15) is 0 Å². The molecule has 1 aromatic heterocycles. The van der Waals surface area contributed by atoms with Crippen LogP contribution in [0, 0.1) is 0 Å². The molecule has 1 unspecified atom stereocenters. The Labute approximate surface area is 107 Å². The van der Waals surface area contributed by atoms with Crippen LogP contribution in [0.2, 0.25) is 5.02 Å². The third kappa shape index (κ3) is 2.45. The summed E-state index contributed by atoms with van der Waals surface area (Å²) in [7, 11) is 0. The zero-order valence-electron chi connectivity index (χ0n) is 8.58. The molecule has 84 valence electrons. The van der Waals surface area contributed by atoms with Gasteiger partial charge in [-0.3, -0.25) is 0 Å². The smallest absolute Gasteiger partial charge is 0.211 e. The maximum absolute atomic E-state index is 5.95. The van der Waals surface area contributed by atoms with E-state index < -0.39 is 0 Å². The first-order chi connectivity index (χ1) is 7.56. The van der Waals surface area contributed by atoms with Gasteiger partial charge in [-0.15, -0.1) is 0 Å². The van der Waals surface area contributed by atoms with Crippen LogP contribution in [0.25, 0.3) is 11.3 Å². The van der Waals surface area contributed by atoms with E-state index in [1.165, 1.54) is 0 Å². The standard InChI is InChI=1S/C11H10BrClN2O/c1-6(14)11-15-5-10(16-11)7-2-8(12)4-9(13)3-7/h2-6H,14H2,1H3. The SMILES string of the molecule is CC(N)c1ncc(-c2cc(Cl)cc(Br)c2)o1. The van der Waals surface area contributed by atoms with Gasteiger partial charge in [0.05, 0.1) is 12.2 Å². The van der Waals surface area contributed by atoms with Crippen molar-refractivity contribution in [2.45, 2.75) is 13.0 Å². The lowest BCUT2D eigenvalue weighted by Crippen LogP contribution is -2.04. The second-order valence-electron chi connectivity index (χ2n) is 3.51. The highest BCUT2D eigenvalue weighted by Gasteiger charge is 2.10. The average molecular weight is 302 g/mol. The van der Waals surface area contributed by atoms with Crippen LogP contribution in [0.5, 0.6) is 0 Å². The number of nitrogens with two attached hydrogens (primary N) is 1. The number of aromatic nitrogens is 1. The van der Waals surface area contributed by atoms with E-state index in [4.69, 9.17) is 21.8 Å². The molecule has 1 heterocycles. The van der Waals surface area contributed by atoms with Crippen molar-refractivity contribution in [1.82, 2.24) is 4.98 Å². The van der Waals surface area contributed by atoms with Crippen LogP contribution in [-0.4, -0.2) is 4.98 Å². The van der Waals surface area contributed by atoms with Crippen molar-refractivity contribution in [3.05, 3.63) is 39.8 Å². The second-order valence-corrected chi connectivity index (χ2v) is 4.86. The van der Waals surface area contributed by atoms with E-state index in [1.54, 1.807) is 6.20 Å². The van der Waals surface area contributed by atoms with E-state index in [2.05, 4.69) is 20.9 Å². The molecule has 0 saturated heterocycles. The number of hydrogen-bond acceptors (Lipinski definition) is 3. The largest absolute Gasteiger partial charge is 0.439 e. The number of benzene rings is 1. The summed E-state index contributed by atoms with van der Waals surface area (Å²) in [4.78, 5) is 4.10. The third-order valence-electron chi connectivity index (χ3n) is 2.06. The van der Waals surface area contributed by atoms with Crippen LogP contribution >= 0.6 is 27.5 Å². The fraction of sp³-hybridized carbons (Fsp3) is 0.182. The molecule has 0 fully saturated rings. The minimum Gasteiger partial charge on any atom is -0.439 e. The molecule has 1 aromatic carbocycles. The van der Waals surface area contributed by atoms with Crippen molar-refractivity contribution >= 4 is 27.5 Å². The number of rotatable bonds is 2. The Hall–Kier alpha value is -0.840. The Balaban J connectivity index is 2.42. The average Bonchev–Trinajstić information content (AvgIpc) is 2.64. The molecule has 0 amide bonds. The highest BCUT2D eigenvalue weighted by Crippen LogP contribution is 2.28. The van der Waals surface area contributed by atoms with Crippen molar-refractivity contribution in [3.63, 3.8) is 0 Å². The van der Waals surface area contributed by atoms with E-state index in [9.17, 15) is 0 Å². The molecule has 0 aliphatic carbocycles. The molecule has 5 heteroatoms. The van der Waals surface area contributed by atoms with Crippen molar-refractivity contribution in [2.24, 2.45) is 5.73 Å². The van der Waals surface area contributed by atoms with Gasteiger partial charge in [-0.2, -0.15) is 0 Å². The lowest BCUT2D eigenvalue weighted by molar-refractivity contribution is 0.473. The Morgan fingerprint density at radius 1 is 1.44 bits per heavy atom. The zero-order valence-corrected chi connectivity index (χ0v) is 10.9. The maximum atomic E-state index is 5.95. The van der Waals surface area contributed by atoms with Gasteiger partial charge in [0.25, 0.3) is 0 Å². The highest BCUT2D eigenvalue weighted by atomic mass is 79.9. The lowest BCUT2D eigenvalue weighted by atomic mass is 10.2. The number of halogens is 2. The molecule has 2 rings (SSSR count). The van der Waals surface area contributed by atoms with E-state index in [0.717, 1.165) is 10.0 Å². The summed E-state index contributed by atoms with van der Waals surface area (Å²) in [5.41, 5.74) is 6.55. The second kappa shape index (κ2) is 4.57. The molecule has 0 spiro atoms. The molecule has 3 nitrogen and oxygen atoms in total. The van der Waals surface area contributed by atoms with Crippen LogP contribution in [-0.2, 0) is 0 Å². The Morgan fingerprint density at radius 3 is 2.75 bits per heavy atom. The quantitative estimate of drug-likeness (QED) is 0.918. The molecular formula is C11H10BrClN2O. The topological polar surface area (TPSA) is 52.0 Å². The van der Waals surface area contributed by atoms with Crippen LogP contribution < -0.4 is 5.73 Å². The van der Waals surface area contributed by atoms with Gasteiger partial charge in [-0.1, -0.05) is 27.5 Å². The monoisotopic (exact) mass is 300 g/mol. The summed E-state index contributed by atoms with van der Waals surface area (Å²) in [6.07, 6.45) is 1.65. The van der Waals surface area contributed by atoms with E-state index in [-0.39, 0.29) is 6.04 Å². The van der Waals surface area contributed by atoms with E-state index >= 15 is 0 Å². The maximum Gasteiger partial charge on any atom is 0.211 e. The summed E-state index contributed by atoms with van der Waals surface area (Å²) in [5.74, 6) is 1.18.